The van der Waals surface area contributed by atoms with E-state index in [4.69, 9.17) is 4.18 Å². The summed E-state index contributed by atoms with van der Waals surface area (Å²) in [5.41, 5.74) is 1.89. The van der Waals surface area contributed by atoms with Crippen molar-refractivity contribution < 1.29 is 21.0 Å². The Hall–Kier alpha value is -2.46. The predicted octanol–water partition coefficient (Wildman–Crippen LogP) is 4.07. The maximum atomic E-state index is 13.0. The topological polar surface area (TPSA) is 92.8 Å². The van der Waals surface area contributed by atoms with Crippen LogP contribution in [0.25, 0.3) is 10.8 Å². The van der Waals surface area contributed by atoms with E-state index in [-0.39, 0.29) is 16.3 Å². The van der Waals surface area contributed by atoms with E-state index >= 15 is 0 Å². The van der Waals surface area contributed by atoms with Crippen molar-refractivity contribution in [3.63, 3.8) is 0 Å². The quantitative estimate of drug-likeness (QED) is 0.340. The predicted molar refractivity (Wildman–Crippen MR) is 132 cm³/mol. The largest absolute Gasteiger partial charge is 0.377 e. The van der Waals surface area contributed by atoms with Gasteiger partial charge in [-0.15, -0.1) is 0 Å². The molecule has 0 radical (unpaired) electrons. The van der Waals surface area contributed by atoms with E-state index in [9.17, 15) is 16.8 Å². The minimum Gasteiger partial charge on any atom is -0.377 e. The van der Waals surface area contributed by atoms with Gasteiger partial charge in [-0.25, -0.2) is 13.1 Å². The molecule has 1 N–H and O–H groups in total. The zero-order chi connectivity index (χ0) is 24.2. The number of hydrogen-bond acceptors (Lipinski definition) is 6. The van der Waals surface area contributed by atoms with Gasteiger partial charge in [0.25, 0.3) is 10.1 Å². The molecule has 3 aromatic carbocycles. The fourth-order valence-electron chi connectivity index (χ4n) is 3.59. The molecule has 0 aliphatic heterocycles. The molecule has 0 aliphatic rings. The molecule has 0 fully saturated rings. The first kappa shape index (κ1) is 25.2. The number of fused-ring (bicyclic) bond motifs is 1. The molecule has 33 heavy (non-hydrogen) atoms. The fraction of sp³-hybridized carbons (Fsp3) is 0.333. The van der Waals surface area contributed by atoms with Gasteiger partial charge in [0.05, 0.1) is 15.9 Å². The molecule has 0 bridgehead atoms. The van der Waals surface area contributed by atoms with E-state index in [0.717, 1.165) is 16.6 Å². The molecule has 1 unspecified atom stereocenters. The zero-order valence-electron chi connectivity index (χ0n) is 19.3. The molecule has 178 valence electrons. The molecule has 0 amide bonds. The maximum Gasteiger partial charge on any atom is 0.297 e. The third-order valence-electron chi connectivity index (χ3n) is 5.31. The molecule has 1 atom stereocenters. The summed E-state index contributed by atoms with van der Waals surface area (Å²) >= 11 is 0. The van der Waals surface area contributed by atoms with Crippen molar-refractivity contribution in [1.29, 1.82) is 0 Å². The molecule has 3 aromatic rings. The van der Waals surface area contributed by atoms with Crippen LogP contribution in [0.2, 0.25) is 0 Å². The number of nitrogens with zero attached hydrogens (tertiary/aromatic N) is 1. The lowest BCUT2D eigenvalue weighted by Crippen LogP contribution is -2.26. The van der Waals surface area contributed by atoms with Crippen LogP contribution in [0.4, 0.5) is 5.69 Å². The van der Waals surface area contributed by atoms with Crippen molar-refractivity contribution in [3.05, 3.63) is 66.2 Å². The van der Waals surface area contributed by atoms with Crippen LogP contribution in [-0.4, -0.2) is 43.6 Å². The number of benzene rings is 3. The van der Waals surface area contributed by atoms with Crippen LogP contribution in [-0.2, 0) is 24.3 Å². The molecule has 0 heterocycles. The van der Waals surface area contributed by atoms with Gasteiger partial charge in [-0.05, 0) is 51.0 Å². The number of hydrogen-bond donors (Lipinski definition) is 1. The summed E-state index contributed by atoms with van der Waals surface area (Å²) in [7, 11) is -3.77. The van der Waals surface area contributed by atoms with Gasteiger partial charge in [-0.1, -0.05) is 42.0 Å². The van der Waals surface area contributed by atoms with Crippen LogP contribution in [0.1, 0.15) is 25.3 Å². The summed E-state index contributed by atoms with van der Waals surface area (Å²) in [5, 5.41) is 1.51. The molecule has 0 saturated heterocycles. The lowest BCUT2D eigenvalue weighted by atomic mass is 10.1. The van der Waals surface area contributed by atoms with Crippen molar-refractivity contribution in [3.8, 4) is 0 Å². The highest BCUT2D eigenvalue weighted by Gasteiger charge is 2.20. The molecule has 7 nitrogen and oxygen atoms in total. The summed E-state index contributed by atoms with van der Waals surface area (Å²) in [6.07, 6.45) is 0.229. The molecule has 0 aromatic heterocycles. The Morgan fingerprint density at radius 1 is 0.909 bits per heavy atom. The van der Waals surface area contributed by atoms with Crippen LogP contribution in [0, 0.1) is 6.92 Å². The van der Waals surface area contributed by atoms with E-state index in [1.165, 1.54) is 12.1 Å². The van der Waals surface area contributed by atoms with Gasteiger partial charge in [0.1, 0.15) is 0 Å². The number of anilines is 1. The van der Waals surface area contributed by atoms with Gasteiger partial charge in [-0.2, -0.15) is 8.42 Å². The monoisotopic (exact) mass is 490 g/mol. The summed E-state index contributed by atoms with van der Waals surface area (Å²) in [5.74, 6) is 0. The minimum atomic E-state index is -3.86. The first-order valence-electron chi connectivity index (χ1n) is 10.7. The van der Waals surface area contributed by atoms with Gasteiger partial charge >= 0.3 is 0 Å². The summed E-state index contributed by atoms with van der Waals surface area (Å²) in [6.45, 7) is 3.71. The Kier molecular flexibility index (Phi) is 7.79. The van der Waals surface area contributed by atoms with Gasteiger partial charge < -0.3 is 4.90 Å². The van der Waals surface area contributed by atoms with Crippen LogP contribution in [0.5, 0.6) is 0 Å². The second-order valence-corrected chi connectivity index (χ2v) is 11.5. The molecule has 3 rings (SSSR count). The summed E-state index contributed by atoms with van der Waals surface area (Å²) in [6, 6.07) is 17.2. The average Bonchev–Trinajstić information content (AvgIpc) is 2.75. The molecule has 0 aliphatic carbocycles. The van der Waals surface area contributed by atoms with Gasteiger partial charge in [0, 0.05) is 37.1 Å². The van der Waals surface area contributed by atoms with Gasteiger partial charge in [0.2, 0.25) is 10.0 Å². The second kappa shape index (κ2) is 10.2. The number of rotatable bonds is 10. The van der Waals surface area contributed by atoms with Crippen LogP contribution in [0.3, 0.4) is 0 Å². The van der Waals surface area contributed by atoms with Crippen LogP contribution >= 0.6 is 0 Å². The van der Waals surface area contributed by atoms with E-state index in [1.807, 2.05) is 44.1 Å². The highest BCUT2D eigenvalue weighted by Crippen LogP contribution is 2.30. The van der Waals surface area contributed by atoms with E-state index < -0.39 is 26.2 Å². The summed E-state index contributed by atoms with van der Waals surface area (Å²) < 4.78 is 58.6. The van der Waals surface area contributed by atoms with Gasteiger partial charge in [0.15, 0.2) is 0 Å². The standard InChI is InChI=1S/C24H30N2O5S2/c1-18-13-15-20(16-14-18)33(29,30)31-19(2)8-7-17-25-32(27,28)24-12-6-9-21-22(24)10-5-11-23(21)26(3)4/h5-6,9-16,19,25H,7-8,17H2,1-4H3. The highest BCUT2D eigenvalue weighted by molar-refractivity contribution is 7.89. The minimum absolute atomic E-state index is 0.105. The molecule has 0 spiro atoms. The van der Waals surface area contributed by atoms with Gasteiger partial charge in [-0.3, -0.25) is 4.18 Å². The smallest absolute Gasteiger partial charge is 0.297 e. The Labute approximate surface area is 196 Å². The lowest BCUT2D eigenvalue weighted by Gasteiger charge is -2.17. The first-order valence-corrected chi connectivity index (χ1v) is 13.6. The van der Waals surface area contributed by atoms with Crippen molar-refractivity contribution in [1.82, 2.24) is 4.72 Å². The Bertz CT molecular complexity index is 1320. The Morgan fingerprint density at radius 2 is 1.55 bits per heavy atom. The third kappa shape index (κ3) is 6.11. The molecule has 9 heteroatoms. The number of sulfonamides is 1. The highest BCUT2D eigenvalue weighted by atomic mass is 32.2. The SMILES string of the molecule is Cc1ccc(S(=O)(=O)OC(C)CCCNS(=O)(=O)c2cccc3c(N(C)C)cccc23)cc1. The molecular weight excluding hydrogens is 460 g/mol. The van der Waals surface area contributed by atoms with Crippen molar-refractivity contribution in [2.75, 3.05) is 25.5 Å². The van der Waals surface area contributed by atoms with Crippen LogP contribution in [0.15, 0.2) is 70.5 Å². The first-order chi connectivity index (χ1) is 15.5. The van der Waals surface area contributed by atoms with E-state index in [2.05, 4.69) is 4.72 Å². The van der Waals surface area contributed by atoms with Crippen molar-refractivity contribution >= 4 is 36.6 Å². The lowest BCUT2D eigenvalue weighted by molar-refractivity contribution is 0.215. The second-order valence-electron chi connectivity index (χ2n) is 8.24. The average molecular weight is 491 g/mol. The van der Waals surface area contributed by atoms with E-state index in [0.29, 0.717) is 18.2 Å². The number of aryl methyl sites for hydroxylation is 1. The van der Waals surface area contributed by atoms with Crippen LogP contribution < -0.4 is 9.62 Å². The van der Waals surface area contributed by atoms with Crippen molar-refractivity contribution in [2.24, 2.45) is 0 Å². The van der Waals surface area contributed by atoms with Crippen molar-refractivity contribution in [2.45, 2.75) is 42.6 Å². The fourth-order valence-corrected chi connectivity index (χ4v) is 5.99. The normalized spacial score (nSPS) is 13.2. The third-order valence-corrected chi connectivity index (χ3v) is 8.26. The molecule has 0 saturated carbocycles. The number of nitrogens with one attached hydrogen (secondary N) is 1. The Morgan fingerprint density at radius 3 is 2.21 bits per heavy atom. The van der Waals surface area contributed by atoms with E-state index in [1.54, 1.807) is 37.3 Å². The summed E-state index contributed by atoms with van der Waals surface area (Å²) in [4.78, 5) is 2.27. The zero-order valence-corrected chi connectivity index (χ0v) is 20.9. The maximum absolute atomic E-state index is 13.0. The Balaban J connectivity index is 1.61. The molecular formula is C24H30N2O5S2.